The topological polar surface area (TPSA) is 104 Å². The lowest BCUT2D eigenvalue weighted by Crippen LogP contribution is -2.21. The third kappa shape index (κ3) is 5.56. The summed E-state index contributed by atoms with van der Waals surface area (Å²) in [5, 5.41) is 9.76. The molecule has 0 aromatic heterocycles. The fourth-order valence-corrected chi connectivity index (χ4v) is 3.83. The summed E-state index contributed by atoms with van der Waals surface area (Å²) in [6.07, 6.45) is 0.915. The number of carbonyl (C=O) groups is 1. The average molecular weight is 471 g/mol. The number of aryl methyl sites for hydroxylation is 1. The second-order valence-corrected chi connectivity index (χ2v) is 8.12. The van der Waals surface area contributed by atoms with E-state index in [9.17, 15) is 10.1 Å². The number of ether oxygens (including phenoxy) is 4. The maximum absolute atomic E-state index is 12.3. The molecule has 2 N–H and O–H groups in total. The minimum absolute atomic E-state index is 0.0163. The monoisotopic (exact) mass is 470 g/mol. The summed E-state index contributed by atoms with van der Waals surface area (Å²) in [5.74, 6) is 1.10. The molecule has 7 heteroatoms. The fourth-order valence-electron chi connectivity index (χ4n) is 3.83. The van der Waals surface area contributed by atoms with E-state index < -0.39 is 11.9 Å². The van der Waals surface area contributed by atoms with Gasteiger partial charge in [0.25, 0.3) is 0 Å². The Morgan fingerprint density at radius 3 is 2.51 bits per heavy atom. The summed E-state index contributed by atoms with van der Waals surface area (Å²) in [7, 11) is 0. The highest BCUT2D eigenvalue weighted by molar-refractivity contribution is 5.74. The summed E-state index contributed by atoms with van der Waals surface area (Å²) >= 11 is 0. The van der Waals surface area contributed by atoms with Crippen LogP contribution < -0.4 is 24.7 Å². The highest BCUT2D eigenvalue weighted by Crippen LogP contribution is 2.43. The number of nitrogens with two attached hydrogens (primary N) is 1. The van der Waals surface area contributed by atoms with Gasteiger partial charge in [0.2, 0.25) is 5.88 Å². The summed E-state index contributed by atoms with van der Waals surface area (Å²) in [6.45, 7) is 4.38. The van der Waals surface area contributed by atoms with E-state index >= 15 is 0 Å². The molecule has 0 saturated carbocycles. The maximum Gasteiger partial charge on any atom is 0.349 e. The quantitative estimate of drug-likeness (QED) is 0.365. The van der Waals surface area contributed by atoms with Crippen LogP contribution in [0, 0.1) is 18.3 Å². The Morgan fingerprint density at radius 1 is 1.03 bits per heavy atom. The summed E-state index contributed by atoms with van der Waals surface area (Å²) in [6, 6.07) is 22.2. The van der Waals surface area contributed by atoms with Crippen LogP contribution in [0.1, 0.15) is 36.0 Å². The van der Waals surface area contributed by atoms with E-state index in [-0.39, 0.29) is 18.2 Å². The lowest BCUT2D eigenvalue weighted by atomic mass is 9.83. The van der Waals surface area contributed by atoms with Gasteiger partial charge in [0.1, 0.15) is 34.6 Å². The average Bonchev–Trinajstić information content (AvgIpc) is 2.86. The number of nitriles is 1. The smallest absolute Gasteiger partial charge is 0.349 e. The number of allylic oxidation sites excluding steroid dienone is 1. The molecule has 35 heavy (non-hydrogen) atoms. The molecule has 1 heterocycles. The van der Waals surface area contributed by atoms with Gasteiger partial charge >= 0.3 is 5.97 Å². The molecule has 1 aliphatic heterocycles. The van der Waals surface area contributed by atoms with Crippen molar-refractivity contribution >= 4 is 5.97 Å². The van der Waals surface area contributed by atoms with E-state index in [0.717, 1.165) is 28.9 Å². The van der Waals surface area contributed by atoms with Gasteiger partial charge in [0.05, 0.1) is 12.5 Å². The van der Waals surface area contributed by atoms with Crippen molar-refractivity contribution in [2.45, 2.75) is 26.2 Å². The zero-order valence-electron chi connectivity index (χ0n) is 19.6. The molecule has 0 spiro atoms. The van der Waals surface area contributed by atoms with Crippen molar-refractivity contribution in [2.24, 2.45) is 5.73 Å². The van der Waals surface area contributed by atoms with E-state index in [1.807, 2.05) is 56.3 Å². The Bertz CT molecular complexity index is 1290. The number of carbonyl (C=O) groups excluding carboxylic acids is 1. The SMILES string of the molecule is CCCOc1ccc(C2C(C#N)=C(N)Oc3cc(OC(=O)COc4cccc(C)c4)ccc32)cc1. The van der Waals surface area contributed by atoms with E-state index in [1.165, 1.54) is 0 Å². The van der Waals surface area contributed by atoms with Gasteiger partial charge in [0, 0.05) is 11.6 Å². The molecule has 0 amide bonds. The van der Waals surface area contributed by atoms with Crippen LogP contribution in [-0.2, 0) is 4.79 Å². The molecule has 1 atom stereocenters. The highest BCUT2D eigenvalue weighted by Gasteiger charge is 2.31. The Labute approximate surface area is 204 Å². The molecule has 178 valence electrons. The van der Waals surface area contributed by atoms with Gasteiger partial charge in [-0.1, -0.05) is 37.3 Å². The third-order valence-corrected chi connectivity index (χ3v) is 5.45. The molecule has 4 rings (SSSR count). The van der Waals surface area contributed by atoms with E-state index in [2.05, 4.69) is 6.07 Å². The van der Waals surface area contributed by atoms with Gasteiger partial charge in [-0.05, 0) is 54.8 Å². The lowest BCUT2D eigenvalue weighted by Gasteiger charge is -2.26. The van der Waals surface area contributed by atoms with Crippen LogP contribution in [0.2, 0.25) is 0 Å². The first-order valence-corrected chi connectivity index (χ1v) is 11.3. The molecular weight excluding hydrogens is 444 g/mol. The highest BCUT2D eigenvalue weighted by atomic mass is 16.6. The number of hydrogen-bond donors (Lipinski definition) is 1. The zero-order valence-corrected chi connectivity index (χ0v) is 19.6. The normalized spacial score (nSPS) is 14.4. The van der Waals surface area contributed by atoms with E-state index in [1.54, 1.807) is 24.3 Å². The van der Waals surface area contributed by atoms with Crippen LogP contribution in [0.15, 0.2) is 78.2 Å². The van der Waals surface area contributed by atoms with Crippen LogP contribution in [0.25, 0.3) is 0 Å². The van der Waals surface area contributed by atoms with Crippen LogP contribution >= 0.6 is 0 Å². The summed E-state index contributed by atoms with van der Waals surface area (Å²) in [5.41, 5.74) is 9.05. The number of fused-ring (bicyclic) bond motifs is 1. The Balaban J connectivity index is 1.52. The fraction of sp³-hybridized carbons (Fsp3) is 0.214. The first-order chi connectivity index (χ1) is 17.0. The molecule has 0 fully saturated rings. The molecule has 7 nitrogen and oxygen atoms in total. The van der Waals surface area contributed by atoms with Crippen molar-refractivity contribution in [3.8, 4) is 29.1 Å². The van der Waals surface area contributed by atoms with Gasteiger partial charge in [-0.2, -0.15) is 5.26 Å². The van der Waals surface area contributed by atoms with Gasteiger partial charge in [-0.3, -0.25) is 0 Å². The van der Waals surface area contributed by atoms with Crippen LogP contribution in [0.3, 0.4) is 0 Å². The molecule has 0 bridgehead atoms. The van der Waals surface area contributed by atoms with Crippen molar-refractivity contribution in [1.82, 2.24) is 0 Å². The van der Waals surface area contributed by atoms with Crippen LogP contribution in [0.4, 0.5) is 0 Å². The number of hydrogen-bond acceptors (Lipinski definition) is 7. The largest absolute Gasteiger partial charge is 0.494 e. The number of benzene rings is 3. The lowest BCUT2D eigenvalue weighted by molar-refractivity contribution is -0.136. The molecule has 3 aromatic rings. The van der Waals surface area contributed by atoms with Gasteiger partial charge in [-0.15, -0.1) is 0 Å². The minimum atomic E-state index is -0.553. The maximum atomic E-state index is 12.3. The minimum Gasteiger partial charge on any atom is -0.494 e. The van der Waals surface area contributed by atoms with Gasteiger partial charge in [-0.25, -0.2) is 4.79 Å². The second-order valence-electron chi connectivity index (χ2n) is 8.12. The molecule has 0 radical (unpaired) electrons. The van der Waals surface area contributed by atoms with E-state index in [4.69, 9.17) is 24.7 Å². The molecule has 0 saturated heterocycles. The Hall–Kier alpha value is -4.44. The van der Waals surface area contributed by atoms with Crippen molar-refractivity contribution in [3.05, 3.63) is 94.9 Å². The Kier molecular flexibility index (Phi) is 7.22. The number of rotatable bonds is 8. The summed E-state index contributed by atoms with van der Waals surface area (Å²) in [4.78, 5) is 12.3. The first-order valence-electron chi connectivity index (χ1n) is 11.3. The van der Waals surface area contributed by atoms with Crippen molar-refractivity contribution in [1.29, 1.82) is 5.26 Å². The molecule has 0 aliphatic carbocycles. The number of esters is 1. The number of nitrogens with zero attached hydrogens (tertiary/aromatic N) is 1. The molecule has 1 aliphatic rings. The van der Waals surface area contributed by atoms with Crippen LogP contribution in [0.5, 0.6) is 23.0 Å². The second kappa shape index (κ2) is 10.7. The first kappa shape index (κ1) is 23.7. The predicted molar refractivity (Wildman–Crippen MR) is 130 cm³/mol. The summed E-state index contributed by atoms with van der Waals surface area (Å²) < 4.78 is 22.3. The van der Waals surface area contributed by atoms with Crippen molar-refractivity contribution < 1.29 is 23.7 Å². The molecule has 3 aromatic carbocycles. The van der Waals surface area contributed by atoms with Crippen LogP contribution in [-0.4, -0.2) is 19.2 Å². The third-order valence-electron chi connectivity index (χ3n) is 5.45. The van der Waals surface area contributed by atoms with Crippen molar-refractivity contribution in [2.75, 3.05) is 13.2 Å². The van der Waals surface area contributed by atoms with Crippen molar-refractivity contribution in [3.63, 3.8) is 0 Å². The molecule has 1 unspecified atom stereocenters. The zero-order chi connectivity index (χ0) is 24.8. The molecular formula is C28H26N2O5. The van der Waals surface area contributed by atoms with Gasteiger partial charge in [0.15, 0.2) is 6.61 Å². The van der Waals surface area contributed by atoms with Gasteiger partial charge < -0.3 is 24.7 Å². The standard InChI is InChI=1S/C28H26N2O5/c1-3-13-32-20-9-7-19(8-10-20)27-23-12-11-22(15-25(23)35-28(30)24(27)16-29)34-26(31)17-33-21-6-4-5-18(2)14-21/h4-12,14-15,27H,3,13,17,30H2,1-2H3. The predicted octanol–water partition coefficient (Wildman–Crippen LogP) is 4.99. The van der Waals surface area contributed by atoms with E-state index in [0.29, 0.717) is 23.7 Å². The Morgan fingerprint density at radius 2 is 1.80 bits per heavy atom.